The van der Waals surface area contributed by atoms with E-state index in [9.17, 15) is 9.18 Å². The molecule has 0 aliphatic rings. The van der Waals surface area contributed by atoms with E-state index in [4.69, 9.17) is 5.11 Å². The summed E-state index contributed by atoms with van der Waals surface area (Å²) < 4.78 is 13.9. The van der Waals surface area contributed by atoms with Crippen LogP contribution < -0.4 is 0 Å². The van der Waals surface area contributed by atoms with E-state index < -0.39 is 5.97 Å². The molecule has 0 saturated heterocycles. The summed E-state index contributed by atoms with van der Waals surface area (Å²) in [5.74, 6) is -1.47. The number of halogens is 2. The molecule has 0 aromatic heterocycles. The van der Waals surface area contributed by atoms with Gasteiger partial charge in [0.2, 0.25) is 0 Å². The summed E-state index contributed by atoms with van der Waals surface area (Å²) in [7, 11) is 0. The van der Waals surface area contributed by atoms with Crippen molar-refractivity contribution in [3.8, 4) is 0 Å². The molecule has 19 heavy (non-hydrogen) atoms. The largest absolute Gasteiger partial charge is 0.481 e. The second kappa shape index (κ2) is 5.97. The van der Waals surface area contributed by atoms with Gasteiger partial charge in [0.1, 0.15) is 5.82 Å². The maximum absolute atomic E-state index is 12.9. The van der Waals surface area contributed by atoms with E-state index in [0.29, 0.717) is 0 Å². The van der Waals surface area contributed by atoms with Crippen LogP contribution in [0.25, 0.3) is 0 Å². The van der Waals surface area contributed by atoms with Crippen LogP contribution in [0.3, 0.4) is 0 Å². The van der Waals surface area contributed by atoms with Gasteiger partial charge in [-0.1, -0.05) is 40.2 Å². The number of benzene rings is 2. The highest BCUT2D eigenvalue weighted by Crippen LogP contribution is 2.29. The second-order valence-electron chi connectivity index (χ2n) is 4.25. The predicted octanol–water partition coefficient (Wildman–Crippen LogP) is 4.19. The lowest BCUT2D eigenvalue weighted by atomic mass is 9.88. The van der Waals surface area contributed by atoms with E-state index in [1.165, 1.54) is 12.1 Å². The third-order valence-corrected chi connectivity index (χ3v) is 3.45. The van der Waals surface area contributed by atoms with Gasteiger partial charge in [0, 0.05) is 10.4 Å². The molecular formula is C15H12BrFO2. The number of carbonyl (C=O) groups is 1. The van der Waals surface area contributed by atoms with Crippen molar-refractivity contribution in [2.75, 3.05) is 0 Å². The highest BCUT2D eigenvalue weighted by atomic mass is 79.9. The van der Waals surface area contributed by atoms with E-state index in [1.54, 1.807) is 12.1 Å². The summed E-state index contributed by atoms with van der Waals surface area (Å²) in [4.78, 5) is 11.0. The summed E-state index contributed by atoms with van der Waals surface area (Å²) in [6, 6.07) is 13.4. The molecule has 4 heteroatoms. The molecule has 0 bridgehead atoms. The lowest BCUT2D eigenvalue weighted by molar-refractivity contribution is -0.137. The van der Waals surface area contributed by atoms with Gasteiger partial charge in [-0.25, -0.2) is 4.39 Å². The maximum atomic E-state index is 12.9. The van der Waals surface area contributed by atoms with Crippen molar-refractivity contribution in [2.24, 2.45) is 0 Å². The SMILES string of the molecule is O=C(O)CC(c1ccc(F)cc1)c1ccc(Br)cc1. The first-order valence-electron chi connectivity index (χ1n) is 5.79. The van der Waals surface area contributed by atoms with Gasteiger partial charge in [0.15, 0.2) is 0 Å². The Morgan fingerprint density at radius 2 is 1.53 bits per heavy atom. The first-order chi connectivity index (χ1) is 9.06. The van der Waals surface area contributed by atoms with Gasteiger partial charge < -0.3 is 5.11 Å². The van der Waals surface area contributed by atoms with Crippen LogP contribution in [0.15, 0.2) is 53.0 Å². The van der Waals surface area contributed by atoms with Crippen molar-refractivity contribution >= 4 is 21.9 Å². The fourth-order valence-corrected chi connectivity index (χ4v) is 2.26. The molecule has 0 aliphatic carbocycles. The zero-order valence-electron chi connectivity index (χ0n) is 10.0. The molecule has 0 saturated carbocycles. The molecule has 2 nitrogen and oxygen atoms in total. The molecule has 0 amide bonds. The van der Waals surface area contributed by atoms with Crippen LogP contribution in [0, 0.1) is 5.82 Å². The van der Waals surface area contributed by atoms with E-state index in [2.05, 4.69) is 15.9 Å². The molecule has 0 heterocycles. The van der Waals surface area contributed by atoms with Crippen LogP contribution in [0.1, 0.15) is 23.5 Å². The molecule has 2 aromatic rings. The number of carboxylic acid groups (broad SMARTS) is 1. The fraction of sp³-hybridized carbons (Fsp3) is 0.133. The fourth-order valence-electron chi connectivity index (χ4n) is 1.99. The van der Waals surface area contributed by atoms with Crippen molar-refractivity contribution in [3.63, 3.8) is 0 Å². The van der Waals surface area contributed by atoms with Crippen molar-refractivity contribution < 1.29 is 14.3 Å². The smallest absolute Gasteiger partial charge is 0.304 e. The van der Waals surface area contributed by atoms with Gasteiger partial charge in [0.05, 0.1) is 6.42 Å². The van der Waals surface area contributed by atoms with Crippen LogP contribution >= 0.6 is 15.9 Å². The molecule has 2 rings (SSSR count). The topological polar surface area (TPSA) is 37.3 Å². The Morgan fingerprint density at radius 1 is 1.05 bits per heavy atom. The van der Waals surface area contributed by atoms with Crippen LogP contribution in [0.4, 0.5) is 4.39 Å². The highest BCUT2D eigenvalue weighted by molar-refractivity contribution is 9.10. The average molecular weight is 323 g/mol. The predicted molar refractivity (Wildman–Crippen MR) is 74.6 cm³/mol. The van der Waals surface area contributed by atoms with Crippen molar-refractivity contribution in [1.82, 2.24) is 0 Å². The van der Waals surface area contributed by atoms with E-state index in [0.717, 1.165) is 15.6 Å². The molecule has 0 fully saturated rings. The third kappa shape index (κ3) is 3.64. The second-order valence-corrected chi connectivity index (χ2v) is 5.17. The highest BCUT2D eigenvalue weighted by Gasteiger charge is 2.17. The minimum Gasteiger partial charge on any atom is -0.481 e. The van der Waals surface area contributed by atoms with Gasteiger partial charge in [-0.15, -0.1) is 0 Å². The number of carboxylic acids is 1. The summed E-state index contributed by atoms with van der Waals surface area (Å²) >= 11 is 3.35. The van der Waals surface area contributed by atoms with Gasteiger partial charge in [0.25, 0.3) is 0 Å². The first-order valence-corrected chi connectivity index (χ1v) is 6.58. The summed E-state index contributed by atoms with van der Waals surface area (Å²) in [5, 5.41) is 9.03. The summed E-state index contributed by atoms with van der Waals surface area (Å²) in [6.07, 6.45) is -0.0206. The summed E-state index contributed by atoms with van der Waals surface area (Å²) in [5.41, 5.74) is 1.70. The monoisotopic (exact) mass is 322 g/mol. The normalized spacial score (nSPS) is 12.1. The minimum atomic E-state index is -0.878. The Balaban J connectivity index is 2.37. The lowest BCUT2D eigenvalue weighted by Gasteiger charge is -2.16. The van der Waals surface area contributed by atoms with Crippen molar-refractivity contribution in [3.05, 3.63) is 69.9 Å². The molecule has 0 radical (unpaired) electrons. The van der Waals surface area contributed by atoms with Crippen LogP contribution in [0.2, 0.25) is 0 Å². The van der Waals surface area contributed by atoms with Gasteiger partial charge in [-0.3, -0.25) is 4.79 Å². The third-order valence-electron chi connectivity index (χ3n) is 2.92. The number of hydrogen-bond donors (Lipinski definition) is 1. The van der Waals surface area contributed by atoms with Crippen molar-refractivity contribution in [1.29, 1.82) is 0 Å². The van der Waals surface area contributed by atoms with Crippen LogP contribution in [-0.4, -0.2) is 11.1 Å². The molecule has 1 unspecified atom stereocenters. The molecular weight excluding hydrogens is 311 g/mol. The Labute approximate surface area is 119 Å². The number of rotatable bonds is 4. The standard InChI is InChI=1S/C15H12BrFO2/c16-12-5-1-10(2-6-12)14(9-15(18)19)11-3-7-13(17)8-4-11/h1-8,14H,9H2,(H,18,19). The molecule has 2 aromatic carbocycles. The quantitative estimate of drug-likeness (QED) is 0.916. The van der Waals surface area contributed by atoms with Crippen LogP contribution in [0.5, 0.6) is 0 Å². The molecule has 98 valence electrons. The zero-order valence-corrected chi connectivity index (χ0v) is 11.6. The molecule has 1 N–H and O–H groups in total. The van der Waals surface area contributed by atoms with E-state index in [-0.39, 0.29) is 18.2 Å². The van der Waals surface area contributed by atoms with Gasteiger partial charge in [-0.05, 0) is 35.4 Å². The van der Waals surface area contributed by atoms with Gasteiger partial charge >= 0.3 is 5.97 Å². The Kier molecular flexibility index (Phi) is 4.32. The number of aliphatic carboxylic acids is 1. The summed E-state index contributed by atoms with van der Waals surface area (Å²) in [6.45, 7) is 0. The lowest BCUT2D eigenvalue weighted by Crippen LogP contribution is -2.08. The molecule has 1 atom stereocenters. The molecule has 0 aliphatic heterocycles. The Bertz CT molecular complexity index is 518. The van der Waals surface area contributed by atoms with E-state index >= 15 is 0 Å². The average Bonchev–Trinajstić information content (AvgIpc) is 2.38. The maximum Gasteiger partial charge on any atom is 0.304 e. The Morgan fingerprint density at radius 3 is 2.00 bits per heavy atom. The number of hydrogen-bond acceptors (Lipinski definition) is 1. The minimum absolute atomic E-state index is 0.0206. The van der Waals surface area contributed by atoms with Gasteiger partial charge in [-0.2, -0.15) is 0 Å². The van der Waals surface area contributed by atoms with Crippen molar-refractivity contribution in [2.45, 2.75) is 12.3 Å². The van der Waals surface area contributed by atoms with Crippen LogP contribution in [-0.2, 0) is 4.79 Å². The zero-order chi connectivity index (χ0) is 13.8. The molecule has 0 spiro atoms. The van der Waals surface area contributed by atoms with E-state index in [1.807, 2.05) is 24.3 Å². The Hall–Kier alpha value is -1.68. The first kappa shape index (κ1) is 13.7.